The lowest BCUT2D eigenvalue weighted by molar-refractivity contribution is -0.142. The van der Waals surface area contributed by atoms with E-state index < -0.39 is 5.97 Å². The summed E-state index contributed by atoms with van der Waals surface area (Å²) in [6.45, 7) is 11.0. The molecule has 0 radical (unpaired) electrons. The Morgan fingerprint density at radius 3 is 2.47 bits per heavy atom. The Morgan fingerprint density at radius 2 is 2.05 bits per heavy atom. The van der Waals surface area contributed by atoms with Crippen molar-refractivity contribution in [3.8, 4) is 0 Å². The highest BCUT2D eigenvalue weighted by Crippen LogP contribution is 2.18. The number of rotatable bonds is 7. The van der Waals surface area contributed by atoms with Crippen LogP contribution in [-0.2, 0) is 11.3 Å². The van der Waals surface area contributed by atoms with Crippen molar-refractivity contribution in [3.05, 3.63) is 17.0 Å². The van der Waals surface area contributed by atoms with Crippen LogP contribution < -0.4 is 0 Å². The molecule has 1 aromatic rings. The van der Waals surface area contributed by atoms with Gasteiger partial charge in [-0.2, -0.15) is 0 Å². The molecule has 0 bridgehead atoms. The highest BCUT2D eigenvalue weighted by molar-refractivity contribution is 5.69. The quantitative estimate of drug-likeness (QED) is 0.823. The van der Waals surface area contributed by atoms with Crippen LogP contribution in [0.4, 0.5) is 0 Å². The van der Waals surface area contributed by atoms with Gasteiger partial charge in [0.15, 0.2) is 0 Å². The predicted octanol–water partition coefficient (Wildman–Crippen LogP) is 2.61. The molecule has 0 aliphatic carbocycles. The predicted molar refractivity (Wildman–Crippen MR) is 72.9 cm³/mol. The molecule has 19 heavy (non-hydrogen) atoms. The van der Waals surface area contributed by atoms with Crippen molar-refractivity contribution in [3.63, 3.8) is 0 Å². The van der Waals surface area contributed by atoms with Crippen LogP contribution in [0.1, 0.15) is 44.2 Å². The van der Waals surface area contributed by atoms with Crippen molar-refractivity contribution in [1.29, 1.82) is 0 Å². The van der Waals surface area contributed by atoms with Gasteiger partial charge in [-0.1, -0.05) is 19.0 Å². The van der Waals surface area contributed by atoms with Gasteiger partial charge < -0.3 is 9.63 Å². The van der Waals surface area contributed by atoms with E-state index in [-0.39, 0.29) is 5.92 Å². The summed E-state index contributed by atoms with van der Waals surface area (Å²) in [5.41, 5.74) is 1.95. The standard InChI is InChI=1S/C14H24N2O3/c1-6-10(3)16(7-9(2)14(17)18)8-13-11(4)15-19-12(13)5/h9-10H,6-8H2,1-5H3,(H,17,18). The molecular formula is C14H24N2O3. The number of hydrogen-bond donors (Lipinski definition) is 1. The molecule has 0 aliphatic heterocycles. The number of carboxylic acid groups (broad SMARTS) is 1. The van der Waals surface area contributed by atoms with Gasteiger partial charge in [0, 0.05) is 24.7 Å². The molecule has 0 aliphatic rings. The zero-order valence-electron chi connectivity index (χ0n) is 12.4. The Morgan fingerprint density at radius 1 is 1.42 bits per heavy atom. The van der Waals surface area contributed by atoms with E-state index in [2.05, 4.69) is 23.9 Å². The van der Waals surface area contributed by atoms with Crippen LogP contribution in [0.25, 0.3) is 0 Å². The molecule has 1 N–H and O–H groups in total. The van der Waals surface area contributed by atoms with Crippen molar-refractivity contribution in [2.75, 3.05) is 6.54 Å². The average Bonchev–Trinajstić information content (AvgIpc) is 2.68. The van der Waals surface area contributed by atoms with Crippen LogP contribution in [0.15, 0.2) is 4.52 Å². The average molecular weight is 268 g/mol. The number of aliphatic carboxylic acids is 1. The Kier molecular flexibility index (Phi) is 5.54. The van der Waals surface area contributed by atoms with Crippen molar-refractivity contribution < 1.29 is 14.4 Å². The summed E-state index contributed by atoms with van der Waals surface area (Å²) < 4.78 is 5.17. The fraction of sp³-hybridized carbons (Fsp3) is 0.714. The molecule has 0 saturated heterocycles. The van der Waals surface area contributed by atoms with E-state index in [9.17, 15) is 4.79 Å². The molecule has 0 spiro atoms. The lowest BCUT2D eigenvalue weighted by Gasteiger charge is -2.29. The second kappa shape index (κ2) is 6.70. The van der Waals surface area contributed by atoms with E-state index in [1.165, 1.54) is 0 Å². The number of carbonyl (C=O) groups is 1. The summed E-state index contributed by atoms with van der Waals surface area (Å²) in [5, 5.41) is 13.0. The van der Waals surface area contributed by atoms with E-state index >= 15 is 0 Å². The molecule has 108 valence electrons. The number of aryl methyl sites for hydroxylation is 2. The molecule has 1 heterocycles. The molecular weight excluding hydrogens is 244 g/mol. The maximum Gasteiger partial charge on any atom is 0.307 e. The Hall–Kier alpha value is -1.36. The highest BCUT2D eigenvalue weighted by Gasteiger charge is 2.22. The minimum Gasteiger partial charge on any atom is -0.481 e. The van der Waals surface area contributed by atoms with E-state index in [1.54, 1.807) is 6.92 Å². The summed E-state index contributed by atoms with van der Waals surface area (Å²) >= 11 is 0. The zero-order valence-corrected chi connectivity index (χ0v) is 12.4. The summed E-state index contributed by atoms with van der Waals surface area (Å²) in [7, 11) is 0. The fourth-order valence-electron chi connectivity index (χ4n) is 2.02. The Labute approximate surface area is 114 Å². The third kappa shape index (κ3) is 4.06. The molecule has 0 saturated carbocycles. The molecule has 5 heteroatoms. The first-order chi connectivity index (χ1) is 8.86. The zero-order chi connectivity index (χ0) is 14.6. The van der Waals surface area contributed by atoms with Gasteiger partial charge in [-0.15, -0.1) is 0 Å². The van der Waals surface area contributed by atoms with E-state index in [4.69, 9.17) is 9.63 Å². The van der Waals surface area contributed by atoms with Gasteiger partial charge in [-0.25, -0.2) is 0 Å². The SMILES string of the molecule is CCC(C)N(Cc1c(C)noc1C)CC(C)C(=O)O. The van der Waals surface area contributed by atoms with Gasteiger partial charge in [0.05, 0.1) is 11.6 Å². The first-order valence-electron chi connectivity index (χ1n) is 6.75. The normalized spacial score (nSPS) is 14.6. The first-order valence-corrected chi connectivity index (χ1v) is 6.75. The summed E-state index contributed by atoms with van der Waals surface area (Å²) in [5.74, 6) is -0.324. The second-order valence-electron chi connectivity index (χ2n) is 5.23. The van der Waals surface area contributed by atoms with Crippen LogP contribution in [0.5, 0.6) is 0 Å². The smallest absolute Gasteiger partial charge is 0.307 e. The molecule has 5 nitrogen and oxygen atoms in total. The largest absolute Gasteiger partial charge is 0.481 e. The molecule has 2 atom stereocenters. The lowest BCUT2D eigenvalue weighted by Crippen LogP contribution is -2.37. The highest BCUT2D eigenvalue weighted by atomic mass is 16.5. The summed E-state index contributed by atoms with van der Waals surface area (Å²) in [4.78, 5) is 13.2. The van der Waals surface area contributed by atoms with Crippen LogP contribution in [0, 0.1) is 19.8 Å². The topological polar surface area (TPSA) is 66.6 Å². The van der Waals surface area contributed by atoms with Gasteiger partial charge in [0.1, 0.15) is 5.76 Å². The van der Waals surface area contributed by atoms with Crippen molar-refractivity contribution >= 4 is 5.97 Å². The van der Waals surface area contributed by atoms with Crippen molar-refractivity contribution in [1.82, 2.24) is 10.1 Å². The lowest BCUT2D eigenvalue weighted by atomic mass is 10.1. The first kappa shape index (κ1) is 15.7. The van der Waals surface area contributed by atoms with E-state index in [1.807, 2.05) is 13.8 Å². The maximum atomic E-state index is 11.0. The van der Waals surface area contributed by atoms with Gasteiger partial charge in [-0.3, -0.25) is 9.69 Å². The Balaban J connectivity index is 2.83. The monoisotopic (exact) mass is 268 g/mol. The molecule has 1 aromatic heterocycles. The number of carboxylic acids is 1. The minimum atomic E-state index is -0.757. The molecule has 0 aromatic carbocycles. The summed E-state index contributed by atoms with van der Waals surface area (Å²) in [6.07, 6.45) is 0.982. The second-order valence-corrected chi connectivity index (χ2v) is 5.23. The minimum absolute atomic E-state index is 0.329. The van der Waals surface area contributed by atoms with Crippen LogP contribution >= 0.6 is 0 Å². The van der Waals surface area contributed by atoms with Crippen molar-refractivity contribution in [2.24, 2.45) is 5.92 Å². The molecule has 0 amide bonds. The third-order valence-electron chi connectivity index (χ3n) is 3.69. The Bertz CT molecular complexity index is 409. The van der Waals surface area contributed by atoms with E-state index in [0.717, 1.165) is 23.4 Å². The fourth-order valence-corrected chi connectivity index (χ4v) is 2.02. The van der Waals surface area contributed by atoms with Crippen LogP contribution in [-0.4, -0.2) is 33.7 Å². The van der Waals surface area contributed by atoms with Gasteiger partial charge in [0.2, 0.25) is 0 Å². The van der Waals surface area contributed by atoms with Gasteiger partial charge in [0.25, 0.3) is 0 Å². The molecule has 2 unspecified atom stereocenters. The van der Waals surface area contributed by atoms with Gasteiger partial charge in [-0.05, 0) is 27.2 Å². The van der Waals surface area contributed by atoms with Crippen LogP contribution in [0.3, 0.4) is 0 Å². The number of nitrogens with zero attached hydrogens (tertiary/aromatic N) is 2. The summed E-state index contributed by atoms with van der Waals surface area (Å²) in [6, 6.07) is 0.329. The van der Waals surface area contributed by atoms with Crippen LogP contribution in [0.2, 0.25) is 0 Å². The molecule has 0 fully saturated rings. The molecule has 1 rings (SSSR count). The third-order valence-corrected chi connectivity index (χ3v) is 3.69. The maximum absolute atomic E-state index is 11.0. The van der Waals surface area contributed by atoms with Crippen molar-refractivity contribution in [2.45, 2.75) is 53.6 Å². The van der Waals surface area contributed by atoms with Gasteiger partial charge >= 0.3 is 5.97 Å². The number of aromatic nitrogens is 1. The van der Waals surface area contributed by atoms with E-state index in [0.29, 0.717) is 19.1 Å². The number of hydrogen-bond acceptors (Lipinski definition) is 4.